The quantitative estimate of drug-likeness (QED) is 0.841. The van der Waals surface area contributed by atoms with Crippen molar-refractivity contribution >= 4 is 10.0 Å². The third-order valence-corrected chi connectivity index (χ3v) is 5.40. The molecule has 0 aliphatic heterocycles. The molecule has 1 aromatic rings. The van der Waals surface area contributed by atoms with E-state index in [9.17, 15) is 12.8 Å². The summed E-state index contributed by atoms with van der Waals surface area (Å²) in [4.78, 5) is -0.258. The van der Waals surface area contributed by atoms with E-state index in [2.05, 4.69) is 10.0 Å². The molecule has 0 bridgehead atoms. The van der Waals surface area contributed by atoms with Crippen molar-refractivity contribution < 1.29 is 12.8 Å². The monoisotopic (exact) mass is 298 g/mol. The number of rotatable bonds is 6. The Labute approximate surface area is 118 Å². The van der Waals surface area contributed by atoms with Crippen molar-refractivity contribution in [1.29, 1.82) is 0 Å². The van der Waals surface area contributed by atoms with Gasteiger partial charge in [-0.25, -0.2) is 17.5 Å². The van der Waals surface area contributed by atoms with Gasteiger partial charge < -0.3 is 5.32 Å². The number of hydrogen-bond acceptors (Lipinski definition) is 3. The van der Waals surface area contributed by atoms with Crippen molar-refractivity contribution in [1.82, 2.24) is 10.0 Å². The summed E-state index contributed by atoms with van der Waals surface area (Å²) in [5.74, 6) is -0.337. The SMILES string of the molecule is CC1CC1NS(=O)(=O)c1ccc(CNC2CC2)cc1F. The standard InChI is InChI=1S/C14H19FN2O2S/c1-9-6-13(9)17-20(18,19)14-5-2-10(7-12(14)15)8-16-11-3-4-11/h2,5,7,9,11,13,16-17H,3-4,6,8H2,1H3. The maximum atomic E-state index is 14.0. The van der Waals surface area contributed by atoms with E-state index < -0.39 is 15.8 Å². The van der Waals surface area contributed by atoms with Crippen LogP contribution in [0.2, 0.25) is 0 Å². The van der Waals surface area contributed by atoms with E-state index in [1.807, 2.05) is 6.92 Å². The largest absolute Gasteiger partial charge is 0.310 e. The van der Waals surface area contributed by atoms with Crippen molar-refractivity contribution in [2.45, 2.75) is 49.7 Å². The Morgan fingerprint density at radius 3 is 2.60 bits per heavy atom. The van der Waals surface area contributed by atoms with Crippen molar-refractivity contribution in [3.05, 3.63) is 29.6 Å². The van der Waals surface area contributed by atoms with Gasteiger partial charge in [0.1, 0.15) is 10.7 Å². The Morgan fingerprint density at radius 2 is 2.05 bits per heavy atom. The second-order valence-electron chi connectivity index (χ2n) is 5.86. The molecule has 2 saturated carbocycles. The summed E-state index contributed by atoms with van der Waals surface area (Å²) in [5, 5.41) is 3.27. The topological polar surface area (TPSA) is 58.2 Å². The molecule has 2 aliphatic carbocycles. The van der Waals surface area contributed by atoms with E-state index in [1.165, 1.54) is 25.0 Å². The molecule has 110 valence electrons. The van der Waals surface area contributed by atoms with Crippen LogP contribution in [0.3, 0.4) is 0 Å². The Balaban J connectivity index is 1.72. The molecule has 0 amide bonds. The lowest BCUT2D eigenvalue weighted by Gasteiger charge is -2.09. The molecule has 0 heterocycles. The molecule has 2 fully saturated rings. The molecule has 20 heavy (non-hydrogen) atoms. The highest BCUT2D eigenvalue weighted by molar-refractivity contribution is 7.89. The predicted molar refractivity (Wildman–Crippen MR) is 74.2 cm³/mol. The van der Waals surface area contributed by atoms with Crippen LogP contribution in [0.5, 0.6) is 0 Å². The summed E-state index contributed by atoms with van der Waals surface area (Å²) in [7, 11) is -3.74. The van der Waals surface area contributed by atoms with E-state index in [1.54, 1.807) is 6.07 Å². The highest BCUT2D eigenvalue weighted by Gasteiger charge is 2.37. The van der Waals surface area contributed by atoms with Gasteiger partial charge in [-0.3, -0.25) is 0 Å². The minimum atomic E-state index is -3.74. The summed E-state index contributed by atoms with van der Waals surface area (Å²) >= 11 is 0. The Bertz CT molecular complexity index is 614. The maximum Gasteiger partial charge on any atom is 0.243 e. The van der Waals surface area contributed by atoms with Crippen molar-refractivity contribution in [2.24, 2.45) is 5.92 Å². The van der Waals surface area contributed by atoms with Crippen molar-refractivity contribution in [3.63, 3.8) is 0 Å². The smallest absolute Gasteiger partial charge is 0.243 e. The zero-order valence-corrected chi connectivity index (χ0v) is 12.2. The Morgan fingerprint density at radius 1 is 1.35 bits per heavy atom. The van der Waals surface area contributed by atoms with Gasteiger partial charge in [-0.1, -0.05) is 13.0 Å². The molecule has 2 unspecified atom stereocenters. The van der Waals surface area contributed by atoms with Gasteiger partial charge in [-0.05, 0) is 42.9 Å². The number of halogens is 1. The molecule has 0 aromatic heterocycles. The molecule has 0 saturated heterocycles. The first-order valence-corrected chi connectivity index (χ1v) is 8.48. The van der Waals surface area contributed by atoms with Crippen LogP contribution in [0.15, 0.2) is 23.1 Å². The fraction of sp³-hybridized carbons (Fsp3) is 0.571. The maximum absolute atomic E-state index is 14.0. The molecular formula is C14H19FN2O2S. The molecular weight excluding hydrogens is 279 g/mol. The first-order valence-electron chi connectivity index (χ1n) is 7.00. The van der Waals surface area contributed by atoms with E-state index in [-0.39, 0.29) is 10.9 Å². The lowest BCUT2D eigenvalue weighted by Crippen LogP contribution is -2.27. The van der Waals surface area contributed by atoms with Gasteiger partial charge in [0, 0.05) is 18.6 Å². The van der Waals surface area contributed by atoms with Crippen LogP contribution in [0.4, 0.5) is 4.39 Å². The fourth-order valence-corrected chi connectivity index (χ4v) is 3.59. The van der Waals surface area contributed by atoms with Gasteiger partial charge in [0.05, 0.1) is 0 Å². The Hall–Kier alpha value is -0.980. The van der Waals surface area contributed by atoms with Crippen LogP contribution in [-0.2, 0) is 16.6 Å². The molecule has 2 N–H and O–H groups in total. The van der Waals surface area contributed by atoms with Crippen LogP contribution in [0.25, 0.3) is 0 Å². The van der Waals surface area contributed by atoms with Gasteiger partial charge in [0.2, 0.25) is 10.0 Å². The molecule has 6 heteroatoms. The first kappa shape index (κ1) is 14.0. The number of hydrogen-bond donors (Lipinski definition) is 2. The van der Waals surface area contributed by atoms with Crippen molar-refractivity contribution in [2.75, 3.05) is 0 Å². The fourth-order valence-electron chi connectivity index (χ4n) is 2.17. The molecule has 2 aliphatic rings. The number of sulfonamides is 1. The average Bonchev–Trinajstić information content (AvgIpc) is 3.26. The summed E-state index contributed by atoms with van der Waals surface area (Å²) in [6, 6.07) is 4.83. The molecule has 2 atom stereocenters. The zero-order valence-electron chi connectivity index (χ0n) is 11.4. The lowest BCUT2D eigenvalue weighted by molar-refractivity contribution is 0.553. The van der Waals surface area contributed by atoms with Crippen molar-refractivity contribution in [3.8, 4) is 0 Å². The Kier molecular flexibility index (Phi) is 3.56. The number of benzene rings is 1. The van der Waals surface area contributed by atoms with E-state index in [0.29, 0.717) is 18.5 Å². The molecule has 1 aromatic carbocycles. The summed E-state index contributed by atoms with van der Waals surface area (Å²) < 4.78 is 40.7. The van der Waals surface area contributed by atoms with Gasteiger partial charge in [0.15, 0.2) is 0 Å². The van der Waals surface area contributed by atoms with Crippen LogP contribution >= 0.6 is 0 Å². The highest BCUT2D eigenvalue weighted by atomic mass is 32.2. The van der Waals surface area contributed by atoms with E-state index in [4.69, 9.17) is 0 Å². The van der Waals surface area contributed by atoms with Crippen LogP contribution in [-0.4, -0.2) is 20.5 Å². The van der Waals surface area contributed by atoms with E-state index >= 15 is 0 Å². The van der Waals surface area contributed by atoms with Gasteiger partial charge in [-0.2, -0.15) is 0 Å². The van der Waals surface area contributed by atoms with Gasteiger partial charge in [0.25, 0.3) is 0 Å². The van der Waals surface area contributed by atoms with Gasteiger partial charge in [-0.15, -0.1) is 0 Å². The van der Waals surface area contributed by atoms with E-state index in [0.717, 1.165) is 12.0 Å². The minimum Gasteiger partial charge on any atom is -0.310 e. The molecule has 4 nitrogen and oxygen atoms in total. The molecule has 0 spiro atoms. The minimum absolute atomic E-state index is 0.0457. The third-order valence-electron chi connectivity index (χ3n) is 3.87. The highest BCUT2D eigenvalue weighted by Crippen LogP contribution is 2.31. The average molecular weight is 298 g/mol. The van der Waals surface area contributed by atoms with Crippen LogP contribution < -0.4 is 10.0 Å². The third kappa shape index (κ3) is 3.19. The zero-order chi connectivity index (χ0) is 14.3. The summed E-state index contributed by atoms with van der Waals surface area (Å²) in [6.45, 7) is 2.55. The number of nitrogens with one attached hydrogen (secondary N) is 2. The summed E-state index contributed by atoms with van der Waals surface area (Å²) in [5.41, 5.74) is 0.771. The normalized spacial score (nSPS) is 25.7. The summed E-state index contributed by atoms with van der Waals surface area (Å²) in [6.07, 6.45) is 3.15. The second-order valence-corrected chi connectivity index (χ2v) is 7.54. The second kappa shape index (κ2) is 5.09. The molecule has 3 rings (SSSR count). The first-order chi connectivity index (χ1) is 9.45. The lowest BCUT2D eigenvalue weighted by atomic mass is 10.2. The van der Waals surface area contributed by atoms with Crippen LogP contribution in [0, 0.1) is 11.7 Å². The van der Waals surface area contributed by atoms with Gasteiger partial charge >= 0.3 is 0 Å². The van der Waals surface area contributed by atoms with Crippen LogP contribution in [0.1, 0.15) is 31.7 Å². The molecule has 0 radical (unpaired) electrons. The predicted octanol–water partition coefficient (Wildman–Crippen LogP) is 1.76.